The molecule has 1 aromatic rings. The van der Waals surface area contributed by atoms with Crippen LogP contribution in [0.5, 0.6) is 0 Å². The third kappa shape index (κ3) is 3.94. The molecule has 0 aliphatic heterocycles. The number of nitrogens with zero attached hydrogens (tertiary/aromatic N) is 3. The van der Waals surface area contributed by atoms with E-state index in [0.29, 0.717) is 18.3 Å². The third-order valence-electron chi connectivity index (χ3n) is 2.07. The van der Waals surface area contributed by atoms with Gasteiger partial charge in [0.25, 0.3) is 0 Å². The van der Waals surface area contributed by atoms with Crippen LogP contribution in [0.2, 0.25) is 0 Å². The van der Waals surface area contributed by atoms with Crippen LogP contribution in [-0.2, 0) is 4.79 Å². The number of hydrogen-bond acceptors (Lipinski definition) is 4. The first-order chi connectivity index (χ1) is 7.49. The molecule has 0 radical (unpaired) electrons. The highest BCUT2D eigenvalue weighted by Crippen LogP contribution is 2.14. The number of carbonyl (C=O) groups is 1. The zero-order chi connectivity index (χ0) is 12.1. The molecular weight excluding hydrogens is 204 g/mol. The van der Waals surface area contributed by atoms with Crippen molar-refractivity contribution in [2.45, 2.75) is 19.8 Å². The van der Waals surface area contributed by atoms with E-state index >= 15 is 0 Å². The van der Waals surface area contributed by atoms with Crippen LogP contribution in [0.15, 0.2) is 12.3 Å². The molecular formula is C11H18N4O. The van der Waals surface area contributed by atoms with Crippen LogP contribution in [0.1, 0.15) is 25.3 Å². The van der Waals surface area contributed by atoms with Gasteiger partial charge in [-0.3, -0.25) is 4.79 Å². The summed E-state index contributed by atoms with van der Waals surface area (Å²) in [5.74, 6) is 0.804. The highest BCUT2D eigenvalue weighted by Gasteiger charge is 2.07. The summed E-state index contributed by atoms with van der Waals surface area (Å²) >= 11 is 0. The summed E-state index contributed by atoms with van der Waals surface area (Å²) in [5, 5.41) is 10.4. The Morgan fingerprint density at radius 1 is 1.50 bits per heavy atom. The van der Waals surface area contributed by atoms with Gasteiger partial charge in [-0.25, -0.2) is 0 Å². The van der Waals surface area contributed by atoms with Gasteiger partial charge < -0.3 is 10.2 Å². The smallest absolute Gasteiger partial charge is 0.239 e. The predicted molar refractivity (Wildman–Crippen MR) is 63.3 cm³/mol. The van der Waals surface area contributed by atoms with Crippen molar-refractivity contribution in [2.24, 2.45) is 0 Å². The predicted octanol–water partition coefficient (Wildman–Crippen LogP) is 1.10. The summed E-state index contributed by atoms with van der Waals surface area (Å²) in [6.07, 6.45) is 1.71. The van der Waals surface area contributed by atoms with Gasteiger partial charge in [0.15, 0.2) is 5.82 Å². The topological polar surface area (TPSA) is 58.1 Å². The largest absolute Gasteiger partial charge is 0.308 e. The average Bonchev–Trinajstić information content (AvgIpc) is 2.16. The highest BCUT2D eigenvalue weighted by atomic mass is 16.2. The van der Waals surface area contributed by atoms with Crippen LogP contribution in [-0.4, -0.2) is 41.6 Å². The minimum Gasteiger partial charge on any atom is -0.308 e. The van der Waals surface area contributed by atoms with E-state index < -0.39 is 0 Å². The normalized spacial score (nSPS) is 10.9. The Morgan fingerprint density at radius 2 is 2.19 bits per heavy atom. The SMILES string of the molecule is CC(C)c1cnnc(NC(=O)CN(C)C)c1. The Morgan fingerprint density at radius 3 is 2.75 bits per heavy atom. The van der Waals surface area contributed by atoms with Crippen LogP contribution in [0.4, 0.5) is 5.82 Å². The summed E-state index contributed by atoms with van der Waals surface area (Å²) in [6, 6.07) is 1.85. The zero-order valence-corrected chi connectivity index (χ0v) is 10.2. The van der Waals surface area contributed by atoms with E-state index in [1.165, 1.54) is 0 Å². The van der Waals surface area contributed by atoms with E-state index in [1.807, 2.05) is 20.2 Å². The standard InChI is InChI=1S/C11H18N4O/c1-8(2)9-5-10(14-12-6-9)13-11(16)7-15(3)4/h5-6,8H,7H2,1-4H3,(H,13,14,16). The van der Waals surface area contributed by atoms with Crippen LogP contribution in [0, 0.1) is 0 Å². The molecule has 88 valence electrons. The lowest BCUT2D eigenvalue weighted by Crippen LogP contribution is -2.27. The Labute approximate surface area is 95.9 Å². The van der Waals surface area contributed by atoms with Gasteiger partial charge in [-0.2, -0.15) is 5.10 Å². The minimum atomic E-state index is -0.0831. The van der Waals surface area contributed by atoms with Crippen molar-refractivity contribution in [3.8, 4) is 0 Å². The van der Waals surface area contributed by atoms with Gasteiger partial charge in [0.1, 0.15) is 0 Å². The third-order valence-corrected chi connectivity index (χ3v) is 2.07. The number of amides is 1. The fraction of sp³-hybridized carbons (Fsp3) is 0.545. The average molecular weight is 222 g/mol. The Kier molecular flexibility index (Phi) is 4.37. The second kappa shape index (κ2) is 5.55. The van der Waals surface area contributed by atoms with E-state index in [0.717, 1.165) is 5.56 Å². The molecule has 0 aliphatic carbocycles. The van der Waals surface area contributed by atoms with Gasteiger partial charge in [0, 0.05) is 0 Å². The molecule has 1 amide bonds. The summed E-state index contributed by atoms with van der Waals surface area (Å²) in [6.45, 7) is 4.48. The van der Waals surface area contributed by atoms with Gasteiger partial charge in [-0.1, -0.05) is 13.8 Å². The molecule has 1 heterocycles. The van der Waals surface area contributed by atoms with Crippen molar-refractivity contribution in [1.29, 1.82) is 0 Å². The maximum Gasteiger partial charge on any atom is 0.239 e. The first-order valence-electron chi connectivity index (χ1n) is 5.26. The van der Waals surface area contributed by atoms with Crippen LogP contribution in [0.25, 0.3) is 0 Å². The fourth-order valence-electron chi connectivity index (χ4n) is 1.23. The maximum atomic E-state index is 11.5. The molecule has 5 heteroatoms. The minimum absolute atomic E-state index is 0.0831. The van der Waals surface area contributed by atoms with Crippen molar-refractivity contribution >= 4 is 11.7 Å². The van der Waals surface area contributed by atoms with E-state index in [4.69, 9.17) is 0 Å². The zero-order valence-electron chi connectivity index (χ0n) is 10.2. The Hall–Kier alpha value is -1.49. The second-order valence-electron chi connectivity index (χ2n) is 4.31. The summed E-state index contributed by atoms with van der Waals surface area (Å²) < 4.78 is 0. The lowest BCUT2D eigenvalue weighted by atomic mass is 10.1. The van der Waals surface area contributed by atoms with E-state index in [2.05, 4.69) is 29.4 Å². The number of likely N-dealkylation sites (N-methyl/N-ethyl adjacent to an activating group) is 1. The molecule has 0 fully saturated rings. The fourth-order valence-corrected chi connectivity index (χ4v) is 1.23. The molecule has 0 spiro atoms. The molecule has 1 rings (SSSR count). The molecule has 1 N–H and O–H groups in total. The molecule has 0 bridgehead atoms. The van der Waals surface area contributed by atoms with Gasteiger partial charge in [0.2, 0.25) is 5.91 Å². The molecule has 0 atom stereocenters. The van der Waals surface area contributed by atoms with Gasteiger partial charge in [0.05, 0.1) is 12.7 Å². The molecule has 5 nitrogen and oxygen atoms in total. The number of carbonyl (C=O) groups excluding carboxylic acids is 1. The molecule has 0 saturated carbocycles. The molecule has 16 heavy (non-hydrogen) atoms. The molecule has 0 aromatic carbocycles. The van der Waals surface area contributed by atoms with Gasteiger partial charge >= 0.3 is 0 Å². The quantitative estimate of drug-likeness (QED) is 0.828. The van der Waals surface area contributed by atoms with Gasteiger partial charge in [-0.05, 0) is 31.6 Å². The number of nitrogens with one attached hydrogen (secondary N) is 1. The van der Waals surface area contributed by atoms with E-state index in [1.54, 1.807) is 11.1 Å². The van der Waals surface area contributed by atoms with Crippen LogP contribution >= 0.6 is 0 Å². The van der Waals surface area contributed by atoms with E-state index in [-0.39, 0.29) is 5.91 Å². The Bertz CT molecular complexity index is 363. The van der Waals surface area contributed by atoms with Crippen molar-refractivity contribution in [3.63, 3.8) is 0 Å². The van der Waals surface area contributed by atoms with E-state index in [9.17, 15) is 4.79 Å². The maximum absolute atomic E-state index is 11.5. The molecule has 0 aliphatic rings. The monoisotopic (exact) mass is 222 g/mol. The lowest BCUT2D eigenvalue weighted by Gasteiger charge is -2.10. The molecule has 0 unspecified atom stereocenters. The molecule has 0 saturated heterocycles. The number of aromatic nitrogens is 2. The van der Waals surface area contributed by atoms with Crippen molar-refractivity contribution in [2.75, 3.05) is 26.0 Å². The van der Waals surface area contributed by atoms with Crippen molar-refractivity contribution in [1.82, 2.24) is 15.1 Å². The first-order valence-corrected chi connectivity index (χ1v) is 5.26. The first kappa shape index (κ1) is 12.6. The van der Waals surface area contributed by atoms with Crippen molar-refractivity contribution in [3.05, 3.63) is 17.8 Å². The summed E-state index contributed by atoms with van der Waals surface area (Å²) in [5.41, 5.74) is 1.06. The summed E-state index contributed by atoms with van der Waals surface area (Å²) in [7, 11) is 3.69. The van der Waals surface area contributed by atoms with Crippen LogP contribution < -0.4 is 5.32 Å². The van der Waals surface area contributed by atoms with Crippen LogP contribution in [0.3, 0.4) is 0 Å². The second-order valence-corrected chi connectivity index (χ2v) is 4.31. The number of rotatable bonds is 4. The molecule has 1 aromatic heterocycles. The van der Waals surface area contributed by atoms with Gasteiger partial charge in [-0.15, -0.1) is 5.10 Å². The summed E-state index contributed by atoms with van der Waals surface area (Å²) in [4.78, 5) is 13.3. The number of hydrogen-bond donors (Lipinski definition) is 1. The number of anilines is 1. The lowest BCUT2D eigenvalue weighted by molar-refractivity contribution is -0.116. The highest BCUT2D eigenvalue weighted by molar-refractivity contribution is 5.91. The Balaban J connectivity index is 2.67. The van der Waals surface area contributed by atoms with Crippen molar-refractivity contribution < 1.29 is 4.79 Å².